The van der Waals surface area contributed by atoms with Gasteiger partial charge in [-0.05, 0) is 39.3 Å². The Hall–Kier alpha value is -0.540. The van der Waals surface area contributed by atoms with Crippen molar-refractivity contribution in [1.82, 2.24) is 5.32 Å². The Morgan fingerprint density at radius 2 is 2.31 bits per heavy atom. The SMILES string of the molecule is CCCNC(CC(C)(C)OC)C1=CCCO1. The van der Waals surface area contributed by atoms with Crippen LogP contribution in [-0.2, 0) is 9.47 Å². The zero-order valence-electron chi connectivity index (χ0n) is 11.0. The Morgan fingerprint density at radius 1 is 1.56 bits per heavy atom. The van der Waals surface area contributed by atoms with Crippen LogP contribution >= 0.6 is 0 Å². The van der Waals surface area contributed by atoms with Crippen LogP contribution < -0.4 is 5.32 Å². The van der Waals surface area contributed by atoms with Crippen molar-refractivity contribution in [2.24, 2.45) is 0 Å². The summed E-state index contributed by atoms with van der Waals surface area (Å²) in [5, 5.41) is 3.53. The first-order chi connectivity index (χ1) is 7.59. The number of ether oxygens (including phenoxy) is 2. The zero-order chi connectivity index (χ0) is 12.0. The van der Waals surface area contributed by atoms with Gasteiger partial charge in [0, 0.05) is 13.5 Å². The van der Waals surface area contributed by atoms with E-state index in [9.17, 15) is 0 Å². The van der Waals surface area contributed by atoms with E-state index in [4.69, 9.17) is 9.47 Å². The van der Waals surface area contributed by atoms with Gasteiger partial charge < -0.3 is 14.8 Å². The first kappa shape index (κ1) is 13.5. The lowest BCUT2D eigenvalue weighted by atomic mass is 9.97. The molecule has 1 aliphatic heterocycles. The molecule has 0 aromatic rings. The summed E-state index contributed by atoms with van der Waals surface area (Å²) in [5.74, 6) is 1.10. The van der Waals surface area contributed by atoms with E-state index in [0.29, 0.717) is 0 Å². The van der Waals surface area contributed by atoms with Gasteiger partial charge in [-0.2, -0.15) is 0 Å². The van der Waals surface area contributed by atoms with Crippen LogP contribution in [0.5, 0.6) is 0 Å². The Morgan fingerprint density at radius 3 is 2.81 bits per heavy atom. The van der Waals surface area contributed by atoms with Gasteiger partial charge in [0.15, 0.2) is 0 Å². The molecule has 1 unspecified atom stereocenters. The minimum absolute atomic E-state index is 0.113. The van der Waals surface area contributed by atoms with Crippen LogP contribution in [0, 0.1) is 0 Å². The number of rotatable bonds is 7. The fourth-order valence-electron chi connectivity index (χ4n) is 1.85. The summed E-state index contributed by atoms with van der Waals surface area (Å²) in [7, 11) is 1.76. The molecule has 0 saturated carbocycles. The van der Waals surface area contributed by atoms with Gasteiger partial charge in [-0.15, -0.1) is 0 Å². The van der Waals surface area contributed by atoms with Crippen molar-refractivity contribution in [3.63, 3.8) is 0 Å². The topological polar surface area (TPSA) is 30.5 Å². The number of hydrogen-bond acceptors (Lipinski definition) is 3. The molecule has 1 rings (SSSR count). The summed E-state index contributed by atoms with van der Waals surface area (Å²) in [6.07, 6.45) is 5.30. The maximum absolute atomic E-state index is 5.65. The van der Waals surface area contributed by atoms with Crippen molar-refractivity contribution in [1.29, 1.82) is 0 Å². The predicted molar refractivity (Wildman–Crippen MR) is 66.4 cm³/mol. The van der Waals surface area contributed by atoms with Crippen LogP contribution in [0.2, 0.25) is 0 Å². The Kier molecular flexibility index (Phi) is 5.29. The van der Waals surface area contributed by atoms with Gasteiger partial charge in [0.1, 0.15) is 5.76 Å². The summed E-state index contributed by atoms with van der Waals surface area (Å²) < 4.78 is 11.1. The molecule has 1 N–H and O–H groups in total. The number of nitrogens with one attached hydrogen (secondary N) is 1. The molecule has 0 bridgehead atoms. The van der Waals surface area contributed by atoms with Crippen molar-refractivity contribution in [3.05, 3.63) is 11.8 Å². The number of hydrogen-bond donors (Lipinski definition) is 1. The molecular weight excluding hydrogens is 202 g/mol. The van der Waals surface area contributed by atoms with Gasteiger partial charge in [0.05, 0.1) is 18.2 Å². The maximum Gasteiger partial charge on any atom is 0.109 e. The third-order valence-electron chi connectivity index (χ3n) is 2.96. The van der Waals surface area contributed by atoms with Crippen molar-refractivity contribution in [2.75, 3.05) is 20.3 Å². The van der Waals surface area contributed by atoms with E-state index in [2.05, 4.69) is 32.2 Å². The minimum Gasteiger partial charge on any atom is -0.496 e. The Labute approximate surface area is 99.2 Å². The van der Waals surface area contributed by atoms with Crippen molar-refractivity contribution in [3.8, 4) is 0 Å². The highest BCUT2D eigenvalue weighted by Gasteiger charge is 2.27. The highest BCUT2D eigenvalue weighted by molar-refractivity contribution is 5.08. The molecule has 0 fully saturated rings. The second-order valence-corrected chi connectivity index (χ2v) is 4.92. The summed E-state index contributed by atoms with van der Waals surface area (Å²) in [6.45, 7) is 8.25. The molecule has 0 radical (unpaired) electrons. The molecule has 0 spiro atoms. The smallest absolute Gasteiger partial charge is 0.109 e. The summed E-state index contributed by atoms with van der Waals surface area (Å²) >= 11 is 0. The van der Waals surface area contributed by atoms with Crippen LogP contribution in [-0.4, -0.2) is 31.9 Å². The van der Waals surface area contributed by atoms with E-state index in [-0.39, 0.29) is 11.6 Å². The van der Waals surface area contributed by atoms with Crippen LogP contribution in [0.3, 0.4) is 0 Å². The van der Waals surface area contributed by atoms with E-state index < -0.39 is 0 Å². The lowest BCUT2D eigenvalue weighted by Crippen LogP contribution is -2.39. The lowest BCUT2D eigenvalue weighted by molar-refractivity contribution is 0.00554. The molecular formula is C13H25NO2. The molecule has 0 aromatic heterocycles. The van der Waals surface area contributed by atoms with Gasteiger partial charge in [-0.3, -0.25) is 0 Å². The van der Waals surface area contributed by atoms with Crippen molar-refractivity contribution < 1.29 is 9.47 Å². The number of methoxy groups -OCH3 is 1. The minimum atomic E-state index is -0.113. The largest absolute Gasteiger partial charge is 0.496 e. The lowest BCUT2D eigenvalue weighted by Gasteiger charge is -2.29. The fraction of sp³-hybridized carbons (Fsp3) is 0.846. The predicted octanol–water partition coefficient (Wildman–Crippen LogP) is 2.47. The van der Waals surface area contributed by atoms with Gasteiger partial charge in [0.25, 0.3) is 0 Å². The highest BCUT2D eigenvalue weighted by atomic mass is 16.5. The fourth-order valence-corrected chi connectivity index (χ4v) is 1.85. The Bertz CT molecular complexity index is 236. The third-order valence-corrected chi connectivity index (χ3v) is 2.96. The molecule has 0 aliphatic carbocycles. The molecule has 16 heavy (non-hydrogen) atoms. The van der Waals surface area contributed by atoms with Crippen LogP contribution in [0.4, 0.5) is 0 Å². The summed E-state index contributed by atoms with van der Waals surface area (Å²) in [5.41, 5.74) is -0.113. The average Bonchev–Trinajstić information content (AvgIpc) is 2.77. The van der Waals surface area contributed by atoms with Crippen molar-refractivity contribution in [2.45, 2.75) is 51.7 Å². The molecule has 0 aromatic carbocycles. The molecule has 1 aliphatic rings. The van der Waals surface area contributed by atoms with Crippen LogP contribution in [0.15, 0.2) is 11.8 Å². The third kappa shape index (κ3) is 4.14. The standard InChI is InChI=1S/C13H25NO2/c1-5-8-14-11(10-13(2,3)15-4)12-7-6-9-16-12/h7,11,14H,5-6,8-10H2,1-4H3. The molecule has 94 valence electrons. The van der Waals surface area contributed by atoms with E-state index in [1.54, 1.807) is 7.11 Å². The Balaban J connectivity index is 2.56. The molecule has 0 amide bonds. The van der Waals surface area contributed by atoms with E-state index in [0.717, 1.165) is 38.2 Å². The summed E-state index contributed by atoms with van der Waals surface area (Å²) in [6, 6.07) is 0.289. The van der Waals surface area contributed by atoms with Gasteiger partial charge in [-0.1, -0.05) is 6.92 Å². The molecule has 1 atom stereocenters. The second-order valence-electron chi connectivity index (χ2n) is 4.92. The van der Waals surface area contributed by atoms with Crippen molar-refractivity contribution >= 4 is 0 Å². The molecule has 0 saturated heterocycles. The monoisotopic (exact) mass is 227 g/mol. The maximum atomic E-state index is 5.65. The van der Waals surface area contributed by atoms with Crippen LogP contribution in [0.1, 0.15) is 40.0 Å². The summed E-state index contributed by atoms with van der Waals surface area (Å²) in [4.78, 5) is 0. The van der Waals surface area contributed by atoms with Gasteiger partial charge >= 0.3 is 0 Å². The average molecular weight is 227 g/mol. The molecule has 3 heteroatoms. The zero-order valence-corrected chi connectivity index (χ0v) is 11.0. The highest BCUT2D eigenvalue weighted by Crippen LogP contribution is 2.23. The van der Waals surface area contributed by atoms with E-state index in [1.807, 2.05) is 0 Å². The normalized spacial score (nSPS) is 18.1. The molecule has 3 nitrogen and oxygen atoms in total. The van der Waals surface area contributed by atoms with E-state index >= 15 is 0 Å². The first-order valence-electron chi connectivity index (χ1n) is 6.20. The van der Waals surface area contributed by atoms with Gasteiger partial charge in [0.2, 0.25) is 0 Å². The van der Waals surface area contributed by atoms with Crippen LogP contribution in [0.25, 0.3) is 0 Å². The van der Waals surface area contributed by atoms with Gasteiger partial charge in [-0.25, -0.2) is 0 Å². The quantitative estimate of drug-likeness (QED) is 0.725. The first-order valence-corrected chi connectivity index (χ1v) is 6.20. The molecule has 1 heterocycles. The van der Waals surface area contributed by atoms with E-state index in [1.165, 1.54) is 0 Å². The second kappa shape index (κ2) is 6.26.